The zero-order valence-electron chi connectivity index (χ0n) is 16.5. The summed E-state index contributed by atoms with van der Waals surface area (Å²) in [5, 5.41) is 2.50. The minimum absolute atomic E-state index is 0.0727. The van der Waals surface area contributed by atoms with Gasteiger partial charge in [0.2, 0.25) is 15.9 Å². The number of hydrogen-bond donors (Lipinski definition) is 1. The first kappa shape index (κ1) is 23.1. The Labute approximate surface area is 172 Å². The lowest BCUT2D eigenvalue weighted by atomic mass is 10.3. The molecule has 0 radical (unpaired) electrons. The Morgan fingerprint density at radius 1 is 0.828 bits per heavy atom. The molecular weight excluding hydrogens is 412 g/mol. The first-order chi connectivity index (χ1) is 13.7. The normalized spacial score (nSPS) is 12.1. The van der Waals surface area contributed by atoms with E-state index in [1.807, 2.05) is 13.8 Å². The van der Waals surface area contributed by atoms with Gasteiger partial charge in [0.15, 0.2) is 9.84 Å². The fourth-order valence-electron chi connectivity index (χ4n) is 2.79. The summed E-state index contributed by atoms with van der Waals surface area (Å²) in [4.78, 5) is 12.4. The van der Waals surface area contributed by atoms with Crippen molar-refractivity contribution in [1.82, 2.24) is 4.31 Å². The van der Waals surface area contributed by atoms with Gasteiger partial charge < -0.3 is 5.32 Å². The number of amides is 1. The summed E-state index contributed by atoms with van der Waals surface area (Å²) in [5.41, 5.74) is 0.328. The predicted molar refractivity (Wildman–Crippen MR) is 113 cm³/mol. The monoisotopic (exact) mass is 438 g/mol. The summed E-state index contributed by atoms with van der Waals surface area (Å²) in [6.45, 7) is 4.71. The Hall–Kier alpha value is -2.23. The number of benzene rings is 2. The summed E-state index contributed by atoms with van der Waals surface area (Å²) in [7, 11) is -7.36. The summed E-state index contributed by atoms with van der Waals surface area (Å²) in [6, 6.07) is 13.5. The molecule has 29 heavy (non-hydrogen) atoms. The largest absolute Gasteiger partial charge is 0.325 e. The average Bonchev–Trinajstić information content (AvgIpc) is 2.68. The zero-order chi connectivity index (χ0) is 21.5. The Morgan fingerprint density at radius 3 is 1.90 bits per heavy atom. The maximum Gasteiger partial charge on any atom is 0.243 e. The van der Waals surface area contributed by atoms with Crippen LogP contribution in [0.2, 0.25) is 0 Å². The number of hydrogen-bond acceptors (Lipinski definition) is 5. The third kappa shape index (κ3) is 6.12. The predicted octanol–water partition coefficient (Wildman–Crippen LogP) is 2.91. The number of nitrogens with one attached hydrogen (secondary N) is 1. The lowest BCUT2D eigenvalue weighted by Gasteiger charge is -2.21. The Bertz CT molecular complexity index is 1010. The second-order valence-electron chi connectivity index (χ2n) is 6.55. The van der Waals surface area contributed by atoms with Crippen molar-refractivity contribution in [2.75, 3.05) is 24.2 Å². The third-order valence-corrected chi connectivity index (χ3v) is 7.69. The van der Waals surface area contributed by atoms with Gasteiger partial charge in [-0.3, -0.25) is 4.79 Å². The molecule has 0 saturated heterocycles. The van der Waals surface area contributed by atoms with E-state index in [9.17, 15) is 21.6 Å². The molecule has 2 rings (SSSR count). The second kappa shape index (κ2) is 10.00. The van der Waals surface area contributed by atoms with Gasteiger partial charge in [0.05, 0.1) is 9.79 Å². The second-order valence-corrected chi connectivity index (χ2v) is 10.5. The van der Waals surface area contributed by atoms with Gasteiger partial charge in [0, 0.05) is 18.8 Å². The van der Waals surface area contributed by atoms with Crippen LogP contribution < -0.4 is 5.32 Å². The van der Waals surface area contributed by atoms with Gasteiger partial charge in [-0.25, -0.2) is 16.8 Å². The highest BCUT2D eigenvalue weighted by Crippen LogP contribution is 2.19. The number of carbonyl (C=O) groups is 1. The number of rotatable bonds is 10. The SMILES string of the molecule is CCCN(CCC)S(=O)(=O)c1ccc(NC(=O)CS(=O)(=O)c2ccccc2)cc1. The highest BCUT2D eigenvalue weighted by atomic mass is 32.2. The van der Waals surface area contributed by atoms with E-state index in [-0.39, 0.29) is 9.79 Å². The molecule has 0 unspecified atom stereocenters. The average molecular weight is 439 g/mol. The molecule has 0 aliphatic heterocycles. The van der Waals surface area contributed by atoms with Crippen molar-refractivity contribution < 1.29 is 21.6 Å². The van der Waals surface area contributed by atoms with Gasteiger partial charge in [0.25, 0.3) is 0 Å². The standard InChI is InChI=1S/C20H26N2O5S2/c1-3-14-22(15-4-2)29(26,27)19-12-10-17(11-13-19)21-20(23)16-28(24,25)18-8-6-5-7-9-18/h5-13H,3-4,14-16H2,1-2H3,(H,21,23). The van der Waals surface area contributed by atoms with E-state index in [0.717, 1.165) is 0 Å². The lowest BCUT2D eigenvalue weighted by molar-refractivity contribution is -0.113. The molecule has 0 spiro atoms. The maximum atomic E-state index is 12.7. The first-order valence-electron chi connectivity index (χ1n) is 9.38. The summed E-state index contributed by atoms with van der Waals surface area (Å²) >= 11 is 0. The Morgan fingerprint density at radius 2 is 1.38 bits per heavy atom. The van der Waals surface area contributed by atoms with E-state index >= 15 is 0 Å². The molecule has 0 aromatic heterocycles. The van der Waals surface area contributed by atoms with Gasteiger partial charge in [-0.1, -0.05) is 32.0 Å². The van der Waals surface area contributed by atoms with Crippen LogP contribution >= 0.6 is 0 Å². The summed E-state index contributed by atoms with van der Waals surface area (Å²) in [6.07, 6.45) is 1.42. The van der Waals surface area contributed by atoms with Gasteiger partial charge >= 0.3 is 0 Å². The van der Waals surface area contributed by atoms with Gasteiger partial charge in [0.1, 0.15) is 5.75 Å². The van der Waals surface area contributed by atoms with E-state index in [4.69, 9.17) is 0 Å². The molecule has 0 heterocycles. The van der Waals surface area contributed by atoms with Crippen LogP contribution in [0.15, 0.2) is 64.4 Å². The highest BCUT2D eigenvalue weighted by molar-refractivity contribution is 7.92. The molecule has 0 fully saturated rings. The minimum atomic E-state index is -3.75. The number of carbonyl (C=O) groups excluding carboxylic acids is 1. The lowest BCUT2D eigenvalue weighted by Crippen LogP contribution is -2.32. The molecule has 158 valence electrons. The minimum Gasteiger partial charge on any atom is -0.325 e. The van der Waals surface area contributed by atoms with E-state index in [1.54, 1.807) is 18.2 Å². The molecule has 1 amide bonds. The molecule has 2 aromatic carbocycles. The van der Waals surface area contributed by atoms with Crippen LogP contribution in [0.3, 0.4) is 0 Å². The van der Waals surface area contributed by atoms with Crippen molar-refractivity contribution >= 4 is 31.5 Å². The molecule has 2 aromatic rings. The van der Waals surface area contributed by atoms with Crippen LogP contribution in [0.5, 0.6) is 0 Å². The van der Waals surface area contributed by atoms with Crippen molar-refractivity contribution in [3.05, 3.63) is 54.6 Å². The molecule has 0 atom stereocenters. The fourth-order valence-corrected chi connectivity index (χ4v) is 5.57. The van der Waals surface area contributed by atoms with Gasteiger partial charge in [-0.15, -0.1) is 0 Å². The van der Waals surface area contributed by atoms with E-state index in [1.165, 1.54) is 40.7 Å². The molecule has 0 aliphatic rings. The topological polar surface area (TPSA) is 101 Å². The molecule has 0 aliphatic carbocycles. The highest BCUT2D eigenvalue weighted by Gasteiger charge is 2.23. The van der Waals surface area contributed by atoms with Crippen LogP contribution in [-0.2, 0) is 24.7 Å². The van der Waals surface area contributed by atoms with Gasteiger partial charge in [-0.2, -0.15) is 4.31 Å². The molecular formula is C20H26N2O5S2. The molecule has 1 N–H and O–H groups in total. The smallest absolute Gasteiger partial charge is 0.243 e. The van der Waals surface area contributed by atoms with E-state index in [2.05, 4.69) is 5.32 Å². The van der Waals surface area contributed by atoms with Crippen molar-refractivity contribution in [3.63, 3.8) is 0 Å². The van der Waals surface area contributed by atoms with Crippen molar-refractivity contribution in [2.24, 2.45) is 0 Å². The quantitative estimate of drug-likeness (QED) is 0.615. The van der Waals surface area contributed by atoms with Gasteiger partial charge in [-0.05, 0) is 49.2 Å². The van der Waals surface area contributed by atoms with E-state index < -0.39 is 31.5 Å². The molecule has 0 bridgehead atoms. The molecule has 0 saturated carbocycles. The van der Waals surface area contributed by atoms with Crippen molar-refractivity contribution in [3.8, 4) is 0 Å². The third-order valence-electron chi connectivity index (χ3n) is 4.15. The molecule has 9 heteroatoms. The maximum absolute atomic E-state index is 12.7. The first-order valence-corrected chi connectivity index (χ1v) is 12.5. The number of anilines is 1. The summed E-state index contributed by atoms with van der Waals surface area (Å²) in [5.74, 6) is -1.39. The van der Waals surface area contributed by atoms with Crippen LogP contribution in [0, 0.1) is 0 Å². The molecule has 7 nitrogen and oxygen atoms in total. The van der Waals surface area contributed by atoms with Crippen LogP contribution in [0.4, 0.5) is 5.69 Å². The Balaban J connectivity index is 2.09. The van der Waals surface area contributed by atoms with Crippen LogP contribution in [-0.4, -0.2) is 45.9 Å². The summed E-state index contributed by atoms with van der Waals surface area (Å²) < 4.78 is 51.5. The van der Waals surface area contributed by atoms with Crippen molar-refractivity contribution in [1.29, 1.82) is 0 Å². The van der Waals surface area contributed by atoms with Crippen LogP contribution in [0.25, 0.3) is 0 Å². The number of sulfone groups is 1. The Kier molecular flexibility index (Phi) is 7.95. The van der Waals surface area contributed by atoms with E-state index in [0.29, 0.717) is 31.6 Å². The number of nitrogens with zero attached hydrogens (tertiary/aromatic N) is 1. The van der Waals surface area contributed by atoms with Crippen molar-refractivity contribution in [2.45, 2.75) is 36.5 Å². The fraction of sp³-hybridized carbons (Fsp3) is 0.350. The number of sulfonamides is 1. The van der Waals surface area contributed by atoms with Crippen LogP contribution in [0.1, 0.15) is 26.7 Å². The zero-order valence-corrected chi connectivity index (χ0v) is 18.2.